The second kappa shape index (κ2) is 6.88. The number of rotatable bonds is 7. The van der Waals surface area contributed by atoms with E-state index in [0.717, 1.165) is 0 Å². The molecule has 0 bridgehead atoms. The van der Waals surface area contributed by atoms with Crippen molar-refractivity contribution < 1.29 is 14.3 Å². The molecule has 1 rings (SSSR count). The van der Waals surface area contributed by atoms with Crippen LogP contribution in [0.4, 0.5) is 0 Å². The van der Waals surface area contributed by atoms with Gasteiger partial charge in [-0.25, -0.2) is 4.98 Å². The van der Waals surface area contributed by atoms with E-state index in [4.69, 9.17) is 9.47 Å². The number of imidazole rings is 1. The van der Waals surface area contributed by atoms with Crippen LogP contribution in [0.25, 0.3) is 0 Å². The number of aryl methyl sites for hydroxylation is 1. The molecule has 5 nitrogen and oxygen atoms in total. The number of nitrogens with zero attached hydrogens (tertiary/aromatic N) is 2. The van der Waals surface area contributed by atoms with E-state index in [1.54, 1.807) is 12.5 Å². The summed E-state index contributed by atoms with van der Waals surface area (Å²) in [5, 5.41) is 0. The Kier molecular flexibility index (Phi) is 5.74. The van der Waals surface area contributed by atoms with Crippen molar-refractivity contribution in [2.24, 2.45) is 0 Å². The summed E-state index contributed by atoms with van der Waals surface area (Å²) < 4.78 is 13.0. The Balaban J connectivity index is 2.28. The molecule has 0 aliphatic rings. The molecule has 0 saturated heterocycles. The largest absolute Gasteiger partial charge is 0.460 e. The topological polar surface area (TPSA) is 53.4 Å². The van der Waals surface area contributed by atoms with Gasteiger partial charge in [-0.3, -0.25) is 4.79 Å². The molecule has 0 atom stereocenters. The van der Waals surface area contributed by atoms with Crippen molar-refractivity contribution in [1.29, 1.82) is 0 Å². The van der Waals surface area contributed by atoms with Gasteiger partial charge in [-0.2, -0.15) is 0 Å². The molecule has 0 amide bonds. The van der Waals surface area contributed by atoms with Gasteiger partial charge in [-0.15, -0.1) is 0 Å². The van der Waals surface area contributed by atoms with Gasteiger partial charge in [0, 0.05) is 25.4 Å². The lowest BCUT2D eigenvalue weighted by Crippen LogP contribution is -2.31. The Hall–Kier alpha value is -1.36. The maximum Gasteiger partial charge on any atom is 0.308 e. The molecule has 1 heterocycles. The predicted octanol–water partition coefficient (Wildman–Crippen LogP) is 2.80. The van der Waals surface area contributed by atoms with Crippen LogP contribution in [0, 0.1) is 0 Å². The number of ether oxygens (including phenoxy) is 2. The fraction of sp³-hybridized carbons (Fsp3) is 0.733. The maximum atomic E-state index is 11.8. The van der Waals surface area contributed by atoms with E-state index in [9.17, 15) is 4.79 Å². The summed E-state index contributed by atoms with van der Waals surface area (Å²) in [7, 11) is 0. The zero-order valence-corrected chi connectivity index (χ0v) is 13.2. The highest BCUT2D eigenvalue weighted by atomic mass is 16.6. The van der Waals surface area contributed by atoms with Crippen LogP contribution >= 0.6 is 0 Å². The summed E-state index contributed by atoms with van der Waals surface area (Å²) in [5.74, 6) is -0.195. The molecule has 5 heteroatoms. The minimum Gasteiger partial charge on any atom is -0.460 e. The fourth-order valence-electron chi connectivity index (χ4n) is 1.65. The first-order valence-electron chi connectivity index (χ1n) is 6.99. The summed E-state index contributed by atoms with van der Waals surface area (Å²) in [5.41, 5.74) is -0.668. The van der Waals surface area contributed by atoms with Crippen LogP contribution in [0.3, 0.4) is 0 Å². The highest BCUT2D eigenvalue weighted by molar-refractivity contribution is 5.69. The van der Waals surface area contributed by atoms with Gasteiger partial charge in [0.25, 0.3) is 0 Å². The van der Waals surface area contributed by atoms with Crippen molar-refractivity contribution in [3.8, 4) is 0 Å². The summed E-state index contributed by atoms with van der Waals surface area (Å²) >= 11 is 0. The third-order valence-electron chi connectivity index (χ3n) is 2.76. The SMILES string of the molecule is CC(C)(C)OCCC(C)(C)OC(=O)CCn1ccnc1. The molecule has 1 aromatic heterocycles. The van der Waals surface area contributed by atoms with Crippen molar-refractivity contribution in [2.75, 3.05) is 6.61 Å². The number of carbonyl (C=O) groups is 1. The van der Waals surface area contributed by atoms with Crippen LogP contribution in [0.15, 0.2) is 18.7 Å². The zero-order chi connectivity index (χ0) is 15.2. The molecule has 0 unspecified atom stereocenters. The van der Waals surface area contributed by atoms with Crippen LogP contribution in [-0.2, 0) is 20.8 Å². The van der Waals surface area contributed by atoms with Gasteiger partial charge in [-0.1, -0.05) is 0 Å². The Morgan fingerprint density at radius 3 is 2.50 bits per heavy atom. The Morgan fingerprint density at radius 1 is 1.25 bits per heavy atom. The first-order valence-corrected chi connectivity index (χ1v) is 6.99. The first kappa shape index (κ1) is 16.7. The average Bonchev–Trinajstić information content (AvgIpc) is 2.76. The van der Waals surface area contributed by atoms with E-state index in [1.807, 2.05) is 45.4 Å². The van der Waals surface area contributed by atoms with E-state index in [1.165, 1.54) is 0 Å². The summed E-state index contributed by atoms with van der Waals surface area (Å²) in [6, 6.07) is 0. The van der Waals surface area contributed by atoms with Gasteiger partial charge in [0.15, 0.2) is 0 Å². The Morgan fingerprint density at radius 2 is 1.95 bits per heavy atom. The zero-order valence-electron chi connectivity index (χ0n) is 13.2. The average molecular weight is 282 g/mol. The van der Waals surface area contributed by atoms with E-state index < -0.39 is 5.60 Å². The molecule has 20 heavy (non-hydrogen) atoms. The van der Waals surface area contributed by atoms with Gasteiger partial charge in [0.05, 0.1) is 25.0 Å². The monoisotopic (exact) mass is 282 g/mol. The van der Waals surface area contributed by atoms with Crippen LogP contribution in [0.2, 0.25) is 0 Å². The second-order valence-corrected chi connectivity index (χ2v) is 6.50. The lowest BCUT2D eigenvalue weighted by atomic mass is 10.1. The van der Waals surface area contributed by atoms with Crippen molar-refractivity contribution in [1.82, 2.24) is 9.55 Å². The Labute approximate surface area is 121 Å². The molecule has 0 aliphatic carbocycles. The van der Waals surface area contributed by atoms with Crippen molar-refractivity contribution in [2.45, 2.75) is 65.2 Å². The molecular weight excluding hydrogens is 256 g/mol. The van der Waals surface area contributed by atoms with Crippen LogP contribution in [0.5, 0.6) is 0 Å². The molecule has 0 N–H and O–H groups in total. The number of hydrogen-bond donors (Lipinski definition) is 0. The third kappa shape index (κ3) is 7.28. The highest BCUT2D eigenvalue weighted by Gasteiger charge is 2.23. The first-order chi connectivity index (χ1) is 9.18. The minimum atomic E-state index is -0.503. The fourth-order valence-corrected chi connectivity index (χ4v) is 1.65. The highest BCUT2D eigenvalue weighted by Crippen LogP contribution is 2.18. The number of aromatic nitrogens is 2. The molecule has 0 radical (unpaired) electrons. The van der Waals surface area contributed by atoms with Gasteiger partial charge in [-0.05, 0) is 34.6 Å². The Bertz CT molecular complexity index is 405. The van der Waals surface area contributed by atoms with E-state index in [0.29, 0.717) is 26.0 Å². The van der Waals surface area contributed by atoms with Gasteiger partial charge in [0.2, 0.25) is 0 Å². The molecule has 1 aromatic rings. The lowest BCUT2D eigenvalue weighted by molar-refractivity contribution is -0.159. The van der Waals surface area contributed by atoms with Crippen LogP contribution in [0.1, 0.15) is 47.5 Å². The molecule has 114 valence electrons. The standard InChI is InChI=1S/C15H26N2O3/c1-14(2,3)19-11-7-15(4,5)20-13(18)6-9-17-10-8-16-12-17/h8,10,12H,6-7,9,11H2,1-5H3. The van der Waals surface area contributed by atoms with Crippen molar-refractivity contribution in [3.05, 3.63) is 18.7 Å². The molecular formula is C15H26N2O3. The number of hydrogen-bond acceptors (Lipinski definition) is 4. The number of carbonyl (C=O) groups excluding carboxylic acids is 1. The second-order valence-electron chi connectivity index (χ2n) is 6.50. The van der Waals surface area contributed by atoms with Gasteiger partial charge >= 0.3 is 5.97 Å². The lowest BCUT2D eigenvalue weighted by Gasteiger charge is -2.27. The van der Waals surface area contributed by atoms with Crippen LogP contribution < -0.4 is 0 Å². The normalized spacial score (nSPS) is 12.4. The molecule has 0 saturated carbocycles. The third-order valence-corrected chi connectivity index (χ3v) is 2.76. The molecule has 0 spiro atoms. The summed E-state index contributed by atoms with van der Waals surface area (Å²) in [6.07, 6.45) is 6.24. The van der Waals surface area contributed by atoms with Gasteiger partial charge in [0.1, 0.15) is 5.60 Å². The number of esters is 1. The minimum absolute atomic E-state index is 0.165. The van der Waals surface area contributed by atoms with E-state index in [-0.39, 0.29) is 11.6 Å². The van der Waals surface area contributed by atoms with Crippen LogP contribution in [-0.4, -0.2) is 33.3 Å². The quantitative estimate of drug-likeness (QED) is 0.722. The van der Waals surface area contributed by atoms with E-state index >= 15 is 0 Å². The van der Waals surface area contributed by atoms with Crippen molar-refractivity contribution >= 4 is 5.97 Å². The molecule has 0 aromatic carbocycles. The van der Waals surface area contributed by atoms with E-state index in [2.05, 4.69) is 4.98 Å². The smallest absolute Gasteiger partial charge is 0.308 e. The van der Waals surface area contributed by atoms with Crippen molar-refractivity contribution in [3.63, 3.8) is 0 Å². The predicted molar refractivity (Wildman–Crippen MR) is 77.3 cm³/mol. The molecule has 0 fully saturated rings. The maximum absolute atomic E-state index is 11.8. The molecule has 0 aliphatic heterocycles. The summed E-state index contributed by atoms with van der Waals surface area (Å²) in [4.78, 5) is 15.7. The van der Waals surface area contributed by atoms with Gasteiger partial charge < -0.3 is 14.0 Å². The summed E-state index contributed by atoms with van der Waals surface area (Å²) in [6.45, 7) is 11.0.